The Bertz CT molecular complexity index is 643. The van der Waals surface area contributed by atoms with Gasteiger partial charge in [-0.2, -0.15) is 0 Å². The van der Waals surface area contributed by atoms with Gasteiger partial charge in [-0.25, -0.2) is 0 Å². The van der Waals surface area contributed by atoms with Crippen molar-refractivity contribution in [1.82, 2.24) is 10.3 Å². The van der Waals surface area contributed by atoms with Gasteiger partial charge in [0.2, 0.25) is 0 Å². The molecule has 106 valence electrons. The van der Waals surface area contributed by atoms with Gasteiger partial charge in [-0.3, -0.25) is 15.1 Å². The SMILES string of the molecule is Cc1cnc(CNCc2ccc(Cl)s2)c(C)c1[N+](=O)[O-]. The van der Waals surface area contributed by atoms with E-state index in [9.17, 15) is 10.1 Å². The summed E-state index contributed by atoms with van der Waals surface area (Å²) in [4.78, 5) is 16.1. The average Bonchev–Trinajstić information content (AvgIpc) is 2.77. The second-order valence-electron chi connectivity index (χ2n) is 4.43. The van der Waals surface area contributed by atoms with Crippen molar-refractivity contribution in [2.75, 3.05) is 0 Å². The van der Waals surface area contributed by atoms with Crippen molar-refractivity contribution >= 4 is 28.6 Å². The van der Waals surface area contributed by atoms with Gasteiger partial charge in [0.05, 0.1) is 15.0 Å². The molecule has 0 aliphatic rings. The molecule has 0 aliphatic heterocycles. The molecule has 2 rings (SSSR count). The quantitative estimate of drug-likeness (QED) is 0.676. The second kappa shape index (κ2) is 6.30. The highest BCUT2D eigenvalue weighted by molar-refractivity contribution is 7.16. The molecule has 0 saturated heterocycles. The first-order valence-electron chi connectivity index (χ1n) is 6.03. The van der Waals surface area contributed by atoms with Crippen LogP contribution in [0.4, 0.5) is 5.69 Å². The molecule has 0 unspecified atom stereocenters. The van der Waals surface area contributed by atoms with E-state index in [2.05, 4.69) is 10.3 Å². The van der Waals surface area contributed by atoms with Gasteiger partial charge < -0.3 is 5.32 Å². The highest BCUT2D eigenvalue weighted by Crippen LogP contribution is 2.24. The molecule has 20 heavy (non-hydrogen) atoms. The van der Waals surface area contributed by atoms with E-state index in [-0.39, 0.29) is 10.6 Å². The van der Waals surface area contributed by atoms with E-state index in [1.807, 2.05) is 12.1 Å². The molecule has 1 N–H and O–H groups in total. The van der Waals surface area contributed by atoms with Gasteiger partial charge in [-0.15, -0.1) is 11.3 Å². The van der Waals surface area contributed by atoms with Gasteiger partial charge in [0.25, 0.3) is 5.69 Å². The number of hydrogen-bond acceptors (Lipinski definition) is 5. The van der Waals surface area contributed by atoms with Crippen LogP contribution in [0.3, 0.4) is 0 Å². The Kier molecular flexibility index (Phi) is 4.69. The summed E-state index contributed by atoms with van der Waals surface area (Å²) in [6.07, 6.45) is 1.55. The smallest absolute Gasteiger partial charge is 0.278 e. The summed E-state index contributed by atoms with van der Waals surface area (Å²) in [5.74, 6) is 0. The van der Waals surface area contributed by atoms with Crippen molar-refractivity contribution in [3.8, 4) is 0 Å². The van der Waals surface area contributed by atoms with Crippen LogP contribution >= 0.6 is 22.9 Å². The Hall–Kier alpha value is -1.50. The average molecular weight is 312 g/mol. The van der Waals surface area contributed by atoms with E-state index in [4.69, 9.17) is 11.6 Å². The van der Waals surface area contributed by atoms with E-state index in [0.717, 1.165) is 9.21 Å². The number of rotatable bonds is 5. The zero-order chi connectivity index (χ0) is 14.7. The Balaban J connectivity index is 2.06. The number of pyridine rings is 1. The maximum Gasteiger partial charge on any atom is 0.278 e. The number of nitrogens with zero attached hydrogens (tertiary/aromatic N) is 2. The lowest BCUT2D eigenvalue weighted by molar-refractivity contribution is -0.386. The standard InChI is InChI=1S/C13H14ClN3O2S/c1-8-5-16-11(9(2)13(8)17(18)19)7-15-6-10-3-4-12(14)20-10/h3-5,15H,6-7H2,1-2H3. The van der Waals surface area contributed by atoms with Crippen LogP contribution in [0, 0.1) is 24.0 Å². The summed E-state index contributed by atoms with van der Waals surface area (Å²) in [7, 11) is 0. The van der Waals surface area contributed by atoms with Crippen LogP contribution in [-0.2, 0) is 13.1 Å². The predicted octanol–water partition coefficient (Wildman–Crippen LogP) is 3.61. The number of aromatic nitrogens is 1. The van der Waals surface area contributed by atoms with Gasteiger partial charge in [-0.1, -0.05) is 11.6 Å². The summed E-state index contributed by atoms with van der Waals surface area (Å²) in [6.45, 7) is 4.59. The van der Waals surface area contributed by atoms with Crippen LogP contribution in [0.15, 0.2) is 18.3 Å². The first kappa shape index (κ1) is 14.9. The normalized spacial score (nSPS) is 10.8. The van der Waals surface area contributed by atoms with Crippen molar-refractivity contribution in [1.29, 1.82) is 0 Å². The number of thiophene rings is 1. The van der Waals surface area contributed by atoms with Crippen molar-refractivity contribution in [3.63, 3.8) is 0 Å². The summed E-state index contributed by atoms with van der Waals surface area (Å²) < 4.78 is 0.752. The van der Waals surface area contributed by atoms with E-state index in [0.29, 0.717) is 29.9 Å². The van der Waals surface area contributed by atoms with Crippen LogP contribution in [0.5, 0.6) is 0 Å². The summed E-state index contributed by atoms with van der Waals surface area (Å²) in [5, 5.41) is 14.3. The number of nitrogens with one attached hydrogen (secondary N) is 1. The highest BCUT2D eigenvalue weighted by atomic mass is 35.5. The Morgan fingerprint density at radius 2 is 2.15 bits per heavy atom. The van der Waals surface area contributed by atoms with E-state index >= 15 is 0 Å². The van der Waals surface area contributed by atoms with Crippen LogP contribution in [0.2, 0.25) is 4.34 Å². The van der Waals surface area contributed by atoms with Gasteiger partial charge in [0.1, 0.15) is 0 Å². The first-order chi connectivity index (χ1) is 9.49. The minimum atomic E-state index is -0.352. The molecule has 2 aromatic rings. The molecule has 5 nitrogen and oxygen atoms in total. The minimum absolute atomic E-state index is 0.149. The van der Waals surface area contributed by atoms with Gasteiger partial charge in [0, 0.05) is 35.3 Å². The molecule has 0 spiro atoms. The van der Waals surface area contributed by atoms with E-state index < -0.39 is 0 Å². The fourth-order valence-electron chi connectivity index (χ4n) is 1.98. The van der Waals surface area contributed by atoms with Crippen molar-refractivity contribution in [3.05, 3.63) is 54.5 Å². The summed E-state index contributed by atoms with van der Waals surface area (Å²) >= 11 is 7.37. The van der Waals surface area contributed by atoms with Gasteiger partial charge in [0.15, 0.2) is 0 Å². The predicted molar refractivity (Wildman–Crippen MR) is 80.2 cm³/mol. The molecule has 0 bridgehead atoms. The van der Waals surface area contributed by atoms with E-state index in [1.165, 1.54) is 11.3 Å². The fourth-order valence-corrected chi connectivity index (χ4v) is 3.03. The van der Waals surface area contributed by atoms with Crippen LogP contribution in [0.1, 0.15) is 21.7 Å². The zero-order valence-electron chi connectivity index (χ0n) is 11.1. The molecule has 0 saturated carbocycles. The molecule has 0 fully saturated rings. The van der Waals surface area contributed by atoms with Crippen LogP contribution in [0.25, 0.3) is 0 Å². The lowest BCUT2D eigenvalue weighted by Gasteiger charge is -2.08. The van der Waals surface area contributed by atoms with Crippen LogP contribution < -0.4 is 5.32 Å². The maximum absolute atomic E-state index is 11.0. The molecule has 0 aromatic carbocycles. The molecule has 2 heterocycles. The monoisotopic (exact) mass is 311 g/mol. The maximum atomic E-state index is 11.0. The molecular weight excluding hydrogens is 298 g/mol. The number of nitro groups is 1. The fraction of sp³-hybridized carbons (Fsp3) is 0.308. The van der Waals surface area contributed by atoms with Crippen molar-refractivity contribution in [2.24, 2.45) is 0 Å². The molecule has 0 aliphatic carbocycles. The highest BCUT2D eigenvalue weighted by Gasteiger charge is 2.18. The molecule has 0 radical (unpaired) electrons. The number of halogens is 1. The zero-order valence-corrected chi connectivity index (χ0v) is 12.7. The Morgan fingerprint density at radius 1 is 1.40 bits per heavy atom. The van der Waals surface area contributed by atoms with Gasteiger partial charge >= 0.3 is 0 Å². The molecule has 0 atom stereocenters. The van der Waals surface area contributed by atoms with Crippen molar-refractivity contribution in [2.45, 2.75) is 26.9 Å². The van der Waals surface area contributed by atoms with Gasteiger partial charge in [-0.05, 0) is 26.0 Å². The lowest BCUT2D eigenvalue weighted by atomic mass is 10.1. The second-order valence-corrected chi connectivity index (χ2v) is 6.23. The Morgan fingerprint density at radius 3 is 2.75 bits per heavy atom. The molecule has 0 amide bonds. The van der Waals surface area contributed by atoms with Crippen molar-refractivity contribution < 1.29 is 4.92 Å². The van der Waals surface area contributed by atoms with E-state index in [1.54, 1.807) is 20.0 Å². The molecular formula is C13H14ClN3O2S. The minimum Gasteiger partial charge on any atom is -0.306 e. The Labute approximate surface area is 125 Å². The number of hydrogen-bond donors (Lipinski definition) is 1. The lowest BCUT2D eigenvalue weighted by Crippen LogP contribution is -2.15. The molecule has 2 aromatic heterocycles. The molecule has 7 heteroatoms. The van der Waals surface area contributed by atoms with Crippen LogP contribution in [-0.4, -0.2) is 9.91 Å². The summed E-state index contributed by atoms with van der Waals surface area (Å²) in [6, 6.07) is 3.81. The number of aryl methyl sites for hydroxylation is 1. The largest absolute Gasteiger partial charge is 0.306 e. The topological polar surface area (TPSA) is 68.1 Å². The summed E-state index contributed by atoms with van der Waals surface area (Å²) in [5.41, 5.74) is 2.05. The third kappa shape index (κ3) is 3.33. The third-order valence-electron chi connectivity index (χ3n) is 2.98. The first-order valence-corrected chi connectivity index (χ1v) is 7.23. The third-order valence-corrected chi connectivity index (χ3v) is 4.21.